The zero-order valence-electron chi connectivity index (χ0n) is 16.1. The Labute approximate surface area is 165 Å². The van der Waals surface area contributed by atoms with Gasteiger partial charge in [-0.25, -0.2) is 9.59 Å². The second-order valence-electron chi connectivity index (χ2n) is 6.86. The minimum Gasteiger partial charge on any atom is -0.478 e. The summed E-state index contributed by atoms with van der Waals surface area (Å²) in [6.07, 6.45) is 1.72. The number of imidazole rings is 1. The molecule has 1 aromatic heterocycles. The summed E-state index contributed by atoms with van der Waals surface area (Å²) < 4.78 is 3.12. The molecule has 1 N–H and O–H groups in total. The quantitative estimate of drug-likeness (QED) is 0.695. The fourth-order valence-corrected chi connectivity index (χ4v) is 3.41. The number of carboxylic acids is 1. The number of amides is 1. The zero-order valence-corrected chi connectivity index (χ0v) is 16.1. The Kier molecular flexibility index (Phi) is 4.19. The van der Waals surface area contributed by atoms with E-state index in [9.17, 15) is 19.5 Å². The van der Waals surface area contributed by atoms with Gasteiger partial charge in [0.2, 0.25) is 0 Å². The van der Waals surface area contributed by atoms with Crippen molar-refractivity contribution in [2.24, 2.45) is 19.2 Å². The molecule has 1 aliphatic rings. The lowest BCUT2D eigenvalue weighted by Crippen LogP contribution is -2.21. The largest absolute Gasteiger partial charge is 0.478 e. The van der Waals surface area contributed by atoms with Gasteiger partial charge in [0.1, 0.15) is 0 Å². The van der Waals surface area contributed by atoms with Gasteiger partial charge < -0.3 is 5.11 Å². The van der Waals surface area contributed by atoms with Gasteiger partial charge in [-0.3, -0.25) is 13.9 Å². The SMILES string of the molecule is CC1=NN(c2cccc(C(=O)O)c2)C(=O)/C1=C/c1ccc2c(c1)n(C)c(=O)n2C. The third-order valence-electron chi connectivity index (χ3n) is 5.01. The van der Waals surface area contributed by atoms with E-state index in [1.54, 1.807) is 48.4 Å². The zero-order chi connectivity index (χ0) is 20.9. The van der Waals surface area contributed by atoms with Crippen LogP contribution in [0.2, 0.25) is 0 Å². The monoisotopic (exact) mass is 390 g/mol. The molecule has 3 aromatic rings. The van der Waals surface area contributed by atoms with E-state index in [1.165, 1.54) is 17.1 Å². The number of benzene rings is 2. The summed E-state index contributed by atoms with van der Waals surface area (Å²) in [5.41, 5.74) is 3.60. The first-order chi connectivity index (χ1) is 13.8. The van der Waals surface area contributed by atoms with Crippen LogP contribution in [-0.2, 0) is 18.9 Å². The van der Waals surface area contributed by atoms with Crippen LogP contribution >= 0.6 is 0 Å². The van der Waals surface area contributed by atoms with Gasteiger partial charge >= 0.3 is 11.7 Å². The highest BCUT2D eigenvalue weighted by atomic mass is 16.4. The second kappa shape index (κ2) is 6.59. The molecule has 0 aliphatic carbocycles. The lowest BCUT2D eigenvalue weighted by molar-refractivity contribution is -0.114. The number of carbonyl (C=O) groups is 2. The second-order valence-corrected chi connectivity index (χ2v) is 6.86. The maximum absolute atomic E-state index is 12.9. The molecule has 0 bridgehead atoms. The summed E-state index contributed by atoms with van der Waals surface area (Å²) in [5, 5.41) is 14.7. The highest BCUT2D eigenvalue weighted by molar-refractivity contribution is 6.32. The summed E-state index contributed by atoms with van der Waals surface area (Å²) in [5.74, 6) is -1.41. The van der Waals surface area contributed by atoms with Crippen LogP contribution in [0, 0.1) is 0 Å². The van der Waals surface area contributed by atoms with Crippen LogP contribution in [0.3, 0.4) is 0 Å². The molecular formula is C21H18N4O4. The van der Waals surface area contributed by atoms with Gasteiger partial charge in [-0.2, -0.15) is 10.1 Å². The molecule has 2 heterocycles. The third-order valence-corrected chi connectivity index (χ3v) is 5.01. The maximum atomic E-state index is 12.9. The Morgan fingerprint density at radius 2 is 1.76 bits per heavy atom. The highest BCUT2D eigenvalue weighted by Gasteiger charge is 2.29. The minimum absolute atomic E-state index is 0.0797. The van der Waals surface area contributed by atoms with Crippen LogP contribution < -0.4 is 10.7 Å². The molecule has 2 aromatic carbocycles. The summed E-state index contributed by atoms with van der Waals surface area (Å²) in [4.78, 5) is 36.2. The van der Waals surface area contributed by atoms with E-state index in [0.29, 0.717) is 17.0 Å². The summed E-state index contributed by atoms with van der Waals surface area (Å²) in [7, 11) is 3.41. The number of carboxylic acid groups (broad SMARTS) is 1. The van der Waals surface area contributed by atoms with Crippen molar-refractivity contribution in [3.8, 4) is 0 Å². The lowest BCUT2D eigenvalue weighted by Gasteiger charge is -2.12. The van der Waals surface area contributed by atoms with Crippen molar-refractivity contribution >= 4 is 40.4 Å². The molecule has 0 atom stereocenters. The van der Waals surface area contributed by atoms with Crippen LogP contribution in [0.25, 0.3) is 17.1 Å². The number of hydrazone groups is 1. The molecule has 8 nitrogen and oxygen atoms in total. The molecule has 0 fully saturated rings. The number of hydrogen-bond acceptors (Lipinski definition) is 4. The van der Waals surface area contributed by atoms with Crippen molar-refractivity contribution in [3.63, 3.8) is 0 Å². The molecule has 0 unspecified atom stereocenters. The molecule has 4 rings (SSSR count). The van der Waals surface area contributed by atoms with E-state index in [2.05, 4.69) is 5.10 Å². The van der Waals surface area contributed by atoms with Gasteiger partial charge in [0.05, 0.1) is 33.6 Å². The van der Waals surface area contributed by atoms with E-state index in [1.807, 2.05) is 18.2 Å². The fraction of sp³-hybridized carbons (Fsp3) is 0.143. The number of aryl methyl sites for hydroxylation is 2. The van der Waals surface area contributed by atoms with E-state index in [0.717, 1.165) is 16.6 Å². The van der Waals surface area contributed by atoms with E-state index < -0.39 is 5.97 Å². The van der Waals surface area contributed by atoms with Crippen LogP contribution in [0.15, 0.2) is 57.9 Å². The first-order valence-corrected chi connectivity index (χ1v) is 8.88. The minimum atomic E-state index is -1.07. The summed E-state index contributed by atoms with van der Waals surface area (Å²) in [6, 6.07) is 11.6. The third kappa shape index (κ3) is 2.94. The van der Waals surface area contributed by atoms with Gasteiger partial charge in [0.15, 0.2) is 0 Å². The predicted molar refractivity (Wildman–Crippen MR) is 110 cm³/mol. The molecule has 1 aliphatic heterocycles. The number of hydrogen-bond donors (Lipinski definition) is 1. The molecule has 146 valence electrons. The van der Waals surface area contributed by atoms with Crippen LogP contribution in [0.5, 0.6) is 0 Å². The molecule has 1 amide bonds. The Morgan fingerprint density at radius 1 is 1.03 bits per heavy atom. The molecule has 0 saturated heterocycles. The summed E-state index contributed by atoms with van der Waals surface area (Å²) >= 11 is 0. The fourth-order valence-electron chi connectivity index (χ4n) is 3.41. The van der Waals surface area contributed by atoms with Crippen molar-refractivity contribution in [1.29, 1.82) is 0 Å². The van der Waals surface area contributed by atoms with Gasteiger partial charge in [-0.05, 0) is 48.9 Å². The van der Waals surface area contributed by atoms with Gasteiger partial charge in [-0.15, -0.1) is 0 Å². The smallest absolute Gasteiger partial charge is 0.335 e. The first-order valence-electron chi connectivity index (χ1n) is 8.88. The highest BCUT2D eigenvalue weighted by Crippen LogP contribution is 2.26. The van der Waals surface area contributed by atoms with Crippen molar-refractivity contribution in [1.82, 2.24) is 9.13 Å². The Morgan fingerprint density at radius 3 is 2.48 bits per heavy atom. The Hall–Kier alpha value is -3.94. The van der Waals surface area contributed by atoms with Crippen molar-refractivity contribution in [2.75, 3.05) is 5.01 Å². The van der Waals surface area contributed by atoms with Crippen LogP contribution in [0.4, 0.5) is 5.69 Å². The van der Waals surface area contributed by atoms with Gasteiger partial charge in [0, 0.05) is 14.1 Å². The Balaban J connectivity index is 1.73. The number of carbonyl (C=O) groups excluding carboxylic acids is 1. The van der Waals surface area contributed by atoms with Crippen molar-refractivity contribution < 1.29 is 14.7 Å². The predicted octanol–water partition coefficient (Wildman–Crippen LogP) is 2.38. The van der Waals surface area contributed by atoms with Gasteiger partial charge in [0.25, 0.3) is 5.91 Å². The van der Waals surface area contributed by atoms with Crippen LogP contribution in [0.1, 0.15) is 22.8 Å². The average Bonchev–Trinajstić information content (AvgIpc) is 3.11. The molecule has 0 radical (unpaired) electrons. The van der Waals surface area contributed by atoms with Crippen LogP contribution in [-0.4, -0.2) is 31.8 Å². The number of nitrogens with zero attached hydrogens (tertiary/aromatic N) is 4. The number of rotatable bonds is 3. The molecule has 0 spiro atoms. The topological polar surface area (TPSA) is 96.9 Å². The first kappa shape index (κ1) is 18.4. The van der Waals surface area contributed by atoms with E-state index in [4.69, 9.17) is 0 Å². The lowest BCUT2D eigenvalue weighted by atomic mass is 10.1. The van der Waals surface area contributed by atoms with Crippen molar-refractivity contribution in [2.45, 2.75) is 6.92 Å². The van der Waals surface area contributed by atoms with Crippen molar-refractivity contribution in [3.05, 3.63) is 69.6 Å². The Bertz CT molecular complexity index is 1310. The molecule has 29 heavy (non-hydrogen) atoms. The molecule has 0 saturated carbocycles. The standard InChI is InChI=1S/C21H18N4O4/c1-12-16(9-13-7-8-17-18(10-13)24(3)21(29)23(17)2)19(26)25(22-12)15-6-4-5-14(11-15)20(27)28/h4-11H,1-3H3,(H,27,28)/b16-9+. The number of aromatic nitrogens is 2. The normalized spacial score (nSPS) is 15.4. The van der Waals surface area contributed by atoms with Gasteiger partial charge in [-0.1, -0.05) is 12.1 Å². The van der Waals surface area contributed by atoms with E-state index in [-0.39, 0.29) is 17.2 Å². The number of anilines is 1. The maximum Gasteiger partial charge on any atom is 0.335 e. The molecule has 8 heteroatoms. The molecular weight excluding hydrogens is 372 g/mol. The number of fused-ring (bicyclic) bond motifs is 1. The van der Waals surface area contributed by atoms with E-state index >= 15 is 0 Å². The number of aromatic carboxylic acids is 1. The average molecular weight is 390 g/mol. The summed E-state index contributed by atoms with van der Waals surface area (Å²) in [6.45, 7) is 1.72.